The lowest BCUT2D eigenvalue weighted by atomic mass is 9.79. The minimum absolute atomic E-state index is 0.0208. The Labute approximate surface area is 458 Å². The van der Waals surface area contributed by atoms with Crippen LogP contribution >= 0.6 is 0 Å². The Morgan fingerprint density at radius 2 is 1.15 bits per heavy atom. The van der Waals surface area contributed by atoms with E-state index in [0.717, 1.165) is 9.13 Å². The number of nitrogens with zero attached hydrogens (tertiary/aromatic N) is 4. The number of imide groups is 4. The summed E-state index contributed by atoms with van der Waals surface area (Å²) in [6.07, 6.45) is 4.70. The number of aromatic carboxylic acids is 2. The zero-order valence-corrected chi connectivity index (χ0v) is 44.7. The molecule has 8 heterocycles. The minimum atomic E-state index is -1.13. The molecule has 4 aromatic heterocycles. The third kappa shape index (κ3) is 20.3. The predicted molar refractivity (Wildman–Crippen MR) is 275 cm³/mol. The van der Waals surface area contributed by atoms with Crippen molar-refractivity contribution in [1.29, 1.82) is 0 Å². The number of nitrogens with one attached hydrogen (secondary N) is 11. The largest absolute Gasteiger partial charge is 0.477 e. The number of H-pyrrole nitrogens is 6. The molecule has 4 fully saturated rings. The lowest BCUT2D eigenvalue weighted by molar-refractivity contribution is -0.145. The topological polar surface area (TPSA) is 569 Å². The van der Waals surface area contributed by atoms with Crippen molar-refractivity contribution in [1.82, 2.24) is 75.5 Å². The van der Waals surface area contributed by atoms with Gasteiger partial charge in [-0.2, -0.15) is 0 Å². The second kappa shape index (κ2) is 31.1. The molecule has 4 aliphatic rings. The van der Waals surface area contributed by atoms with Crippen molar-refractivity contribution in [3.05, 3.63) is 117 Å². The number of carbonyl (C=O) groups excluding carboxylic acids is 10. The normalized spacial score (nSPS) is 15.8. The fourth-order valence-corrected chi connectivity index (χ4v) is 6.31. The highest BCUT2D eigenvalue weighted by atomic mass is 16.4. The van der Waals surface area contributed by atoms with Crippen molar-refractivity contribution in [3.63, 3.8) is 0 Å². The lowest BCUT2D eigenvalue weighted by Crippen LogP contribution is -2.61. The molecule has 0 atom stereocenters. The van der Waals surface area contributed by atoms with Gasteiger partial charge in [-0.1, -0.05) is 19.9 Å². The summed E-state index contributed by atoms with van der Waals surface area (Å²) in [5.41, 5.74) is -6.63. The third-order valence-corrected chi connectivity index (χ3v) is 11.1. The fraction of sp³-hybridized carbons (Fsp3) is 0.400. The van der Waals surface area contributed by atoms with E-state index in [1.54, 1.807) is 53.8 Å². The molecule has 4 aliphatic heterocycles. The van der Waals surface area contributed by atoms with Crippen LogP contribution in [-0.2, 0) is 58.6 Å². The lowest BCUT2D eigenvalue weighted by Gasteiger charge is -2.31. The van der Waals surface area contributed by atoms with Crippen molar-refractivity contribution < 1.29 is 78.0 Å². The van der Waals surface area contributed by atoms with Crippen LogP contribution in [0.4, 0.5) is 9.59 Å². The number of likely N-dealkylation sites (tertiary alicyclic amines) is 1. The van der Waals surface area contributed by atoms with Crippen LogP contribution in [0.1, 0.15) is 100 Å². The molecular formula is C45H59N15O22. The molecule has 0 unspecified atom stereocenters. The first-order chi connectivity index (χ1) is 38.1. The van der Waals surface area contributed by atoms with Gasteiger partial charge in [-0.3, -0.25) is 79.6 Å². The van der Waals surface area contributed by atoms with E-state index in [1.165, 1.54) is 30.4 Å². The Kier molecular flexibility index (Phi) is 26.3. The summed E-state index contributed by atoms with van der Waals surface area (Å²) in [6, 6.07) is 1.68. The Morgan fingerprint density at radius 1 is 0.659 bits per heavy atom. The van der Waals surface area contributed by atoms with Gasteiger partial charge >= 0.3 is 58.1 Å². The average molecular weight is 1160 g/mol. The number of amides is 10. The summed E-state index contributed by atoms with van der Waals surface area (Å²) >= 11 is 0. The zero-order valence-electron chi connectivity index (χ0n) is 44.7. The number of urea groups is 2. The molecule has 0 aromatic carbocycles. The molecule has 37 heteroatoms. The number of aromatic amines is 6. The summed E-state index contributed by atoms with van der Waals surface area (Å²) in [5.74, 6) is -4.75. The quantitative estimate of drug-likeness (QED) is 0.0579. The fourth-order valence-electron chi connectivity index (χ4n) is 6.31. The number of rotatable bonds is 8. The van der Waals surface area contributed by atoms with Crippen LogP contribution < -0.4 is 60.7 Å². The monoisotopic (exact) mass is 1160 g/mol. The van der Waals surface area contributed by atoms with Crippen molar-refractivity contribution in [3.8, 4) is 0 Å². The van der Waals surface area contributed by atoms with Crippen molar-refractivity contribution in [2.75, 3.05) is 6.73 Å². The van der Waals surface area contributed by atoms with Gasteiger partial charge in [0.2, 0.25) is 35.4 Å². The predicted octanol–water partition coefficient (Wildman–Crippen LogP) is -5.24. The molecule has 10 amide bonds. The van der Waals surface area contributed by atoms with Crippen LogP contribution in [0.5, 0.6) is 0 Å². The summed E-state index contributed by atoms with van der Waals surface area (Å²) in [7, 11) is 1.26. The standard InChI is InChI=1S/C8H12N2O3.C7H11NO3.C6H7N3O3.C6H9NO2.C5H6N2O3.C5H5NO2.C4H5N3O3.C4H4N2O3/c1-3-8(4-2)5(11)9-7(13)10-6(8)12;1-7(2)5(10)3-6(11)8(7)4-9;1-2-3-9-5(11)7-4(10)8-6(9)12;1-6(2)4(8)3-5(9)7-6;8-1-3-4(5(9)10)7-2-6-3;7-5(8)4-2-1-3-6-4;1-7-3(9)5-2(8)6-4(7)10;7-2-1-3(8)6-4(9)5-2/h3-4H2,1-2H3,(H2,9,10,11,12,13);9H,3-4H2,1-2H3;2H,1,3H2,(H2,7,8,10,11,12);3H2,1-2H3,(H,7,9);2,8H,1H2,(H,6,7)(H,9,10);1-3,6H,(H,7,8);1H3,(H2,5,6,8,9,10);1H2,(H2,5,6,7,8,9). The molecule has 0 aliphatic carbocycles. The number of hydrogen-bond donors (Lipinski definition) is 15. The molecular weight excluding hydrogens is 1100 g/mol. The number of aliphatic hydroxyl groups is 2. The average Bonchev–Trinajstić information content (AvgIpc) is 4.28. The van der Waals surface area contributed by atoms with Gasteiger partial charge in [0, 0.05) is 13.2 Å². The maximum Gasteiger partial charge on any atom is 0.356 e. The molecule has 4 aromatic rings. The van der Waals surface area contributed by atoms with Crippen molar-refractivity contribution >= 4 is 71.0 Å². The molecule has 0 saturated carbocycles. The van der Waals surface area contributed by atoms with E-state index in [4.69, 9.17) is 20.4 Å². The number of carboxylic acids is 2. The summed E-state index contributed by atoms with van der Waals surface area (Å²) < 4.78 is 1.59. The molecule has 8 rings (SSSR count). The number of ketones is 2. The minimum Gasteiger partial charge on any atom is -0.477 e. The second-order valence-corrected chi connectivity index (χ2v) is 17.4. The molecule has 15 N–H and O–H groups in total. The highest BCUT2D eigenvalue weighted by Gasteiger charge is 2.47. The summed E-state index contributed by atoms with van der Waals surface area (Å²) in [4.78, 5) is 209. The number of aromatic nitrogens is 9. The van der Waals surface area contributed by atoms with Crippen LogP contribution in [0.15, 0.2) is 66.1 Å². The number of allylic oxidation sites excluding steroid dienone is 1. The summed E-state index contributed by atoms with van der Waals surface area (Å²) in [5, 5.41) is 44.4. The number of carbonyl (C=O) groups is 12. The maximum atomic E-state index is 11.4. The maximum absolute atomic E-state index is 11.4. The van der Waals surface area contributed by atoms with Crippen LogP contribution in [0, 0.1) is 5.41 Å². The molecule has 0 radical (unpaired) electrons. The van der Waals surface area contributed by atoms with Gasteiger partial charge in [0.15, 0.2) is 17.3 Å². The Balaban J connectivity index is 0.000000470. The number of carboxylic acid groups (broad SMARTS) is 2. The number of imidazole rings is 1. The first-order valence-corrected chi connectivity index (χ1v) is 23.4. The van der Waals surface area contributed by atoms with E-state index < -0.39 is 98.3 Å². The SMILES string of the molecule is C=CCn1c(=O)[nH]c(=O)[nH]c1=O.CC1(C)C(=O)CC(=O)N1CO.CC1(C)NC(=O)CC1=O.CCC1(CC)C(=O)NC(=O)NC1=O.Cn1c(=O)[nH]c(=O)[nH]c1=O.O=C(O)c1ccc[nH]1.O=C(O)c1nc[nH]c1CO.O=C1CC(=O)NC(=O)N1. The number of hydrogen-bond acceptors (Lipinski definition) is 21. The van der Waals surface area contributed by atoms with E-state index in [-0.39, 0.29) is 79.6 Å². The van der Waals surface area contributed by atoms with Crippen molar-refractivity contribution in [2.45, 2.75) is 97.9 Å². The smallest absolute Gasteiger partial charge is 0.356 e. The van der Waals surface area contributed by atoms with E-state index in [1.807, 2.05) is 30.6 Å². The van der Waals surface area contributed by atoms with Crippen molar-refractivity contribution in [2.24, 2.45) is 12.5 Å². The van der Waals surface area contributed by atoms with E-state index in [9.17, 15) is 86.3 Å². The molecule has 446 valence electrons. The molecule has 82 heavy (non-hydrogen) atoms. The van der Waals surface area contributed by atoms with Gasteiger partial charge in [-0.05, 0) is 52.7 Å². The number of Topliss-reactive ketones (excluding diaryl/α,β-unsaturated/α-hetero) is 2. The highest BCUT2D eigenvalue weighted by molar-refractivity contribution is 6.19. The summed E-state index contributed by atoms with van der Waals surface area (Å²) in [6.45, 7) is 12.9. The van der Waals surface area contributed by atoms with Gasteiger partial charge in [0.25, 0.3) is 0 Å². The molecule has 0 bridgehead atoms. The second-order valence-electron chi connectivity index (χ2n) is 17.4. The Morgan fingerprint density at radius 3 is 1.44 bits per heavy atom. The van der Waals surface area contributed by atoms with E-state index >= 15 is 0 Å². The number of barbiturate groups is 2. The van der Waals surface area contributed by atoms with Crippen LogP contribution in [0.3, 0.4) is 0 Å². The van der Waals surface area contributed by atoms with Crippen LogP contribution in [-0.4, -0.2) is 158 Å². The first-order valence-electron chi connectivity index (χ1n) is 23.4. The van der Waals surface area contributed by atoms with Gasteiger partial charge in [-0.15, -0.1) is 6.58 Å². The van der Waals surface area contributed by atoms with Gasteiger partial charge in [0.1, 0.15) is 24.3 Å². The molecule has 4 saturated heterocycles. The van der Waals surface area contributed by atoms with E-state index in [0.29, 0.717) is 12.8 Å². The molecule has 37 nitrogen and oxygen atoms in total. The van der Waals surface area contributed by atoms with Gasteiger partial charge in [0.05, 0.1) is 49.1 Å². The highest BCUT2D eigenvalue weighted by Crippen LogP contribution is 2.28. The zero-order chi connectivity index (χ0) is 63.0. The Hall–Kier alpha value is -10.6. The van der Waals surface area contributed by atoms with Crippen LogP contribution in [0.2, 0.25) is 0 Å². The third-order valence-electron chi connectivity index (χ3n) is 11.1. The van der Waals surface area contributed by atoms with Gasteiger partial charge in [-0.25, -0.2) is 62.1 Å². The Bertz CT molecular complexity index is 3290. The number of aliphatic hydroxyl groups excluding tert-OH is 2. The van der Waals surface area contributed by atoms with Crippen LogP contribution in [0.25, 0.3) is 0 Å². The van der Waals surface area contributed by atoms with E-state index in [2.05, 4.69) is 37.5 Å². The molecule has 0 spiro atoms. The van der Waals surface area contributed by atoms with Gasteiger partial charge < -0.3 is 40.6 Å². The first kappa shape index (κ1) is 69.4.